The third-order valence-corrected chi connectivity index (χ3v) is 5.67. The van der Waals surface area contributed by atoms with Gasteiger partial charge in [0, 0.05) is 37.3 Å². The summed E-state index contributed by atoms with van der Waals surface area (Å²) in [6, 6.07) is 3.58. The first-order chi connectivity index (χ1) is 15.0. The van der Waals surface area contributed by atoms with Gasteiger partial charge >= 0.3 is 0 Å². The molecule has 0 atom stereocenters. The molecule has 4 rings (SSSR count). The monoisotopic (exact) mass is 454 g/mol. The number of aromatic amines is 1. The van der Waals surface area contributed by atoms with Crippen molar-refractivity contribution in [2.45, 2.75) is 26.3 Å². The number of amides is 1. The molecule has 4 heterocycles. The minimum Gasteiger partial charge on any atom is -0.339 e. The van der Waals surface area contributed by atoms with Crippen LogP contribution in [0.4, 0.5) is 5.13 Å². The number of nitrogens with zero attached hydrogens (tertiary/aromatic N) is 6. The first-order valence-corrected chi connectivity index (χ1v) is 10.5. The van der Waals surface area contributed by atoms with Gasteiger partial charge in [-0.25, -0.2) is 4.98 Å². The summed E-state index contributed by atoms with van der Waals surface area (Å²) in [6.45, 7) is 6.13. The quantitative estimate of drug-likeness (QED) is 0.305. The first kappa shape index (κ1) is 20.8. The zero-order chi connectivity index (χ0) is 21.8. The summed E-state index contributed by atoms with van der Waals surface area (Å²) in [7, 11) is 0. The lowest BCUT2D eigenvalue weighted by Crippen LogP contribution is -2.12. The van der Waals surface area contributed by atoms with Crippen LogP contribution in [0, 0.1) is 11.7 Å². The van der Waals surface area contributed by atoms with Gasteiger partial charge < -0.3 is 9.84 Å². The Kier molecular flexibility index (Phi) is 6.09. The summed E-state index contributed by atoms with van der Waals surface area (Å²) in [5.74, 6) is 1.31. The lowest BCUT2D eigenvalue weighted by molar-refractivity contribution is -0.116. The van der Waals surface area contributed by atoms with E-state index in [4.69, 9.17) is 16.7 Å². The molecule has 1 amide bonds. The van der Waals surface area contributed by atoms with Crippen molar-refractivity contribution in [3.05, 3.63) is 53.5 Å². The van der Waals surface area contributed by atoms with E-state index in [9.17, 15) is 4.79 Å². The zero-order valence-electron chi connectivity index (χ0n) is 16.5. The maximum atomic E-state index is 12.4. The highest BCUT2D eigenvalue weighted by Crippen LogP contribution is 2.31. The molecule has 0 saturated heterocycles. The van der Waals surface area contributed by atoms with Gasteiger partial charge in [0.25, 0.3) is 0 Å². The van der Waals surface area contributed by atoms with Crippen molar-refractivity contribution < 1.29 is 9.32 Å². The summed E-state index contributed by atoms with van der Waals surface area (Å²) in [5.41, 5.74) is 1.55. The highest BCUT2D eigenvalue weighted by atomic mass is 32.1. The van der Waals surface area contributed by atoms with Crippen molar-refractivity contribution in [1.82, 2.24) is 34.9 Å². The highest BCUT2D eigenvalue weighted by molar-refractivity contribution is 7.71. The molecule has 0 unspecified atom stereocenters. The van der Waals surface area contributed by atoms with E-state index in [1.807, 2.05) is 11.5 Å². The maximum absolute atomic E-state index is 12.4. The van der Waals surface area contributed by atoms with Crippen LogP contribution in [0.3, 0.4) is 0 Å². The smallest absolute Gasteiger partial charge is 0.227 e. The molecule has 4 aromatic heterocycles. The summed E-state index contributed by atoms with van der Waals surface area (Å²) in [5, 5.41) is 14.3. The molecule has 31 heavy (non-hydrogen) atoms. The number of carbonyl (C=O) groups excluding carboxylic acids is 1. The van der Waals surface area contributed by atoms with E-state index in [0.29, 0.717) is 40.4 Å². The summed E-state index contributed by atoms with van der Waals surface area (Å²) in [6.07, 6.45) is 5.55. The Labute approximate surface area is 186 Å². The van der Waals surface area contributed by atoms with Crippen LogP contribution in [0.25, 0.3) is 22.1 Å². The van der Waals surface area contributed by atoms with Gasteiger partial charge in [0.05, 0.1) is 10.6 Å². The Hall–Kier alpha value is -3.51. The maximum Gasteiger partial charge on any atom is 0.227 e. The van der Waals surface area contributed by atoms with E-state index in [1.165, 1.54) is 11.3 Å². The number of carbonyl (C=O) groups is 1. The number of H-pyrrole nitrogens is 1. The molecule has 0 aliphatic heterocycles. The van der Waals surface area contributed by atoms with Gasteiger partial charge in [-0.05, 0) is 31.3 Å². The van der Waals surface area contributed by atoms with Crippen molar-refractivity contribution in [2.75, 3.05) is 5.32 Å². The average molecular weight is 455 g/mol. The summed E-state index contributed by atoms with van der Waals surface area (Å²) in [4.78, 5) is 25.9. The second-order valence-corrected chi connectivity index (χ2v) is 7.87. The Balaban J connectivity index is 1.40. The van der Waals surface area contributed by atoms with Crippen LogP contribution in [-0.4, -0.2) is 40.8 Å². The van der Waals surface area contributed by atoms with E-state index in [-0.39, 0.29) is 12.3 Å². The molecule has 0 saturated carbocycles. The summed E-state index contributed by atoms with van der Waals surface area (Å²) < 4.78 is 7.56. The predicted molar refractivity (Wildman–Crippen MR) is 118 cm³/mol. The van der Waals surface area contributed by atoms with E-state index >= 15 is 0 Å². The van der Waals surface area contributed by atoms with Gasteiger partial charge in [0.1, 0.15) is 0 Å². The lowest BCUT2D eigenvalue weighted by Gasteiger charge is -2.01. The van der Waals surface area contributed by atoms with Crippen LogP contribution in [-0.2, 0) is 17.8 Å². The molecule has 4 aromatic rings. The Morgan fingerprint density at radius 3 is 2.97 bits per heavy atom. The standard InChI is InChI=1S/C19H18N8O2S2/c1-3-10-27-17(24-25-19(27)30)15-11(2)21-18(31-15)22-13(28)4-5-14-23-16(26-29-14)12-6-8-20-9-7-12/h3,6-9H,1,4-5,10H2,2H3,(H,25,30)(H,21,22,28). The van der Waals surface area contributed by atoms with Gasteiger partial charge in [-0.1, -0.05) is 22.6 Å². The molecule has 0 bridgehead atoms. The number of allylic oxidation sites excluding steroid dienone is 1. The topological polar surface area (TPSA) is 127 Å². The van der Waals surface area contributed by atoms with E-state index in [1.54, 1.807) is 30.6 Å². The number of nitrogens with one attached hydrogen (secondary N) is 2. The number of pyridine rings is 1. The van der Waals surface area contributed by atoms with Crippen molar-refractivity contribution in [3.63, 3.8) is 0 Å². The van der Waals surface area contributed by atoms with Gasteiger partial charge in [0.15, 0.2) is 15.7 Å². The van der Waals surface area contributed by atoms with Crippen LogP contribution < -0.4 is 5.32 Å². The fourth-order valence-electron chi connectivity index (χ4n) is 2.82. The largest absolute Gasteiger partial charge is 0.339 e. The molecular formula is C19H18N8O2S2. The van der Waals surface area contributed by atoms with Crippen LogP contribution in [0.15, 0.2) is 41.7 Å². The molecule has 0 aliphatic rings. The molecule has 0 aliphatic carbocycles. The molecule has 10 nitrogen and oxygen atoms in total. The van der Waals surface area contributed by atoms with Crippen molar-refractivity contribution >= 4 is 34.6 Å². The van der Waals surface area contributed by atoms with Gasteiger partial charge in [0.2, 0.25) is 17.6 Å². The Morgan fingerprint density at radius 1 is 1.39 bits per heavy atom. The highest BCUT2D eigenvalue weighted by Gasteiger charge is 2.18. The third kappa shape index (κ3) is 4.64. The molecule has 158 valence electrons. The zero-order valence-corrected chi connectivity index (χ0v) is 18.2. The van der Waals surface area contributed by atoms with E-state index in [2.05, 4.69) is 42.2 Å². The summed E-state index contributed by atoms with van der Waals surface area (Å²) >= 11 is 6.59. The molecule has 0 spiro atoms. The Morgan fingerprint density at radius 2 is 2.19 bits per heavy atom. The fourth-order valence-corrected chi connectivity index (χ4v) is 4.01. The molecule has 0 fully saturated rings. The van der Waals surface area contributed by atoms with Crippen molar-refractivity contribution in [2.24, 2.45) is 0 Å². The number of aryl methyl sites for hydroxylation is 2. The molecule has 0 radical (unpaired) electrons. The predicted octanol–water partition coefficient (Wildman–Crippen LogP) is 3.57. The second-order valence-electron chi connectivity index (χ2n) is 6.48. The molecule has 0 aromatic carbocycles. The van der Waals surface area contributed by atoms with Gasteiger partial charge in [-0.2, -0.15) is 10.1 Å². The minimum atomic E-state index is -0.200. The number of thiazole rings is 1. The average Bonchev–Trinajstić information content (AvgIpc) is 3.47. The van der Waals surface area contributed by atoms with Crippen LogP contribution in [0.2, 0.25) is 0 Å². The number of rotatable bonds is 8. The first-order valence-electron chi connectivity index (χ1n) is 9.32. The van der Waals surface area contributed by atoms with Crippen LogP contribution in [0.5, 0.6) is 0 Å². The van der Waals surface area contributed by atoms with Gasteiger partial charge in [-0.15, -0.1) is 6.58 Å². The third-order valence-electron chi connectivity index (χ3n) is 4.29. The lowest BCUT2D eigenvalue weighted by atomic mass is 10.2. The number of aromatic nitrogens is 7. The number of anilines is 1. The van der Waals surface area contributed by atoms with Crippen molar-refractivity contribution in [1.29, 1.82) is 0 Å². The number of hydrogen-bond donors (Lipinski definition) is 2. The van der Waals surface area contributed by atoms with Crippen molar-refractivity contribution in [3.8, 4) is 22.1 Å². The normalized spacial score (nSPS) is 10.9. The Bertz CT molecular complexity index is 1270. The second kappa shape index (κ2) is 9.10. The van der Waals surface area contributed by atoms with E-state index in [0.717, 1.165) is 16.1 Å². The molecule has 2 N–H and O–H groups in total. The SMILES string of the molecule is C=CCn1c(-c2sc(NC(=O)CCc3nc(-c4ccncc4)no3)nc2C)n[nH]c1=S. The molecular weight excluding hydrogens is 436 g/mol. The van der Waals surface area contributed by atoms with Gasteiger partial charge in [-0.3, -0.25) is 19.4 Å². The van der Waals surface area contributed by atoms with E-state index < -0.39 is 0 Å². The van der Waals surface area contributed by atoms with Crippen LogP contribution >= 0.6 is 23.6 Å². The minimum absolute atomic E-state index is 0.182. The van der Waals surface area contributed by atoms with Crippen LogP contribution in [0.1, 0.15) is 18.0 Å². The number of hydrogen-bond acceptors (Lipinski definition) is 9. The fraction of sp³-hybridized carbons (Fsp3) is 0.211. The molecule has 12 heteroatoms.